The molecule has 0 spiro atoms. The fourth-order valence-electron chi connectivity index (χ4n) is 2.06. The molecule has 1 heterocycles. The number of carbonyl (C=O) groups excluding carboxylic acids is 2. The molecule has 1 aromatic carbocycles. The van der Waals surface area contributed by atoms with Crippen LogP contribution in [-0.4, -0.2) is 11.9 Å². The van der Waals surface area contributed by atoms with Crippen LogP contribution in [0.5, 0.6) is 0 Å². The lowest BCUT2D eigenvalue weighted by Crippen LogP contribution is -2.43. The highest BCUT2D eigenvalue weighted by atomic mass is 79.9. The number of halogens is 1. The Balaban J connectivity index is 2.52. The SMILES string of the molecule is CCC1(c2ccc(Br)c(C)c2)NC(=O)NC1=O. The monoisotopic (exact) mass is 296 g/mol. The Morgan fingerprint density at radius 2 is 2.06 bits per heavy atom. The Bertz CT molecular complexity index is 501. The summed E-state index contributed by atoms with van der Waals surface area (Å²) in [5.41, 5.74) is 0.913. The van der Waals surface area contributed by atoms with Gasteiger partial charge in [-0.3, -0.25) is 10.1 Å². The summed E-state index contributed by atoms with van der Waals surface area (Å²) in [6, 6.07) is 5.22. The zero-order valence-electron chi connectivity index (χ0n) is 9.63. The molecule has 17 heavy (non-hydrogen) atoms. The van der Waals surface area contributed by atoms with Gasteiger partial charge in [0.1, 0.15) is 5.54 Å². The van der Waals surface area contributed by atoms with Gasteiger partial charge >= 0.3 is 6.03 Å². The first-order chi connectivity index (χ1) is 7.99. The van der Waals surface area contributed by atoms with Gasteiger partial charge in [0.2, 0.25) is 0 Å². The summed E-state index contributed by atoms with van der Waals surface area (Å²) in [6.07, 6.45) is 0.519. The largest absolute Gasteiger partial charge is 0.322 e. The first-order valence-electron chi connectivity index (χ1n) is 5.40. The first kappa shape index (κ1) is 12.1. The molecule has 1 fully saturated rings. The van der Waals surface area contributed by atoms with Crippen LogP contribution in [0.15, 0.2) is 22.7 Å². The van der Waals surface area contributed by atoms with E-state index in [1.807, 2.05) is 32.0 Å². The second kappa shape index (κ2) is 4.14. The van der Waals surface area contributed by atoms with Crippen LogP contribution in [0.1, 0.15) is 24.5 Å². The molecule has 1 saturated heterocycles. The van der Waals surface area contributed by atoms with Crippen molar-refractivity contribution in [2.24, 2.45) is 0 Å². The number of benzene rings is 1. The minimum absolute atomic E-state index is 0.285. The van der Waals surface area contributed by atoms with Gasteiger partial charge in [-0.2, -0.15) is 0 Å². The zero-order chi connectivity index (χ0) is 12.6. The maximum Gasteiger partial charge on any atom is 0.322 e. The third-order valence-electron chi connectivity index (χ3n) is 3.12. The highest BCUT2D eigenvalue weighted by Gasteiger charge is 2.46. The van der Waals surface area contributed by atoms with Crippen LogP contribution in [0.3, 0.4) is 0 Å². The summed E-state index contributed by atoms with van der Waals surface area (Å²) in [4.78, 5) is 23.2. The highest BCUT2D eigenvalue weighted by molar-refractivity contribution is 9.10. The van der Waals surface area contributed by atoms with Gasteiger partial charge in [0.05, 0.1) is 0 Å². The number of hydrogen-bond acceptors (Lipinski definition) is 2. The van der Waals surface area contributed by atoms with Gasteiger partial charge in [0.15, 0.2) is 0 Å². The predicted octanol–water partition coefficient (Wildman–Crippen LogP) is 2.20. The number of imide groups is 1. The van der Waals surface area contributed by atoms with Gasteiger partial charge in [-0.05, 0) is 30.5 Å². The summed E-state index contributed by atoms with van der Waals surface area (Å²) in [6.45, 7) is 3.83. The lowest BCUT2D eigenvalue weighted by molar-refractivity contribution is -0.124. The van der Waals surface area contributed by atoms with Gasteiger partial charge in [-0.25, -0.2) is 4.79 Å². The number of aryl methyl sites for hydroxylation is 1. The summed E-state index contributed by atoms with van der Waals surface area (Å²) in [7, 11) is 0. The van der Waals surface area contributed by atoms with Crippen LogP contribution in [0.2, 0.25) is 0 Å². The van der Waals surface area contributed by atoms with E-state index < -0.39 is 11.6 Å². The molecule has 3 amide bonds. The average Bonchev–Trinajstić information content (AvgIpc) is 2.58. The van der Waals surface area contributed by atoms with Gasteiger partial charge in [-0.1, -0.05) is 35.0 Å². The molecule has 90 valence electrons. The highest BCUT2D eigenvalue weighted by Crippen LogP contribution is 2.30. The van der Waals surface area contributed by atoms with Crippen molar-refractivity contribution >= 4 is 27.9 Å². The minimum atomic E-state index is -0.928. The maximum absolute atomic E-state index is 11.9. The quantitative estimate of drug-likeness (QED) is 0.822. The van der Waals surface area contributed by atoms with Gasteiger partial charge in [-0.15, -0.1) is 0 Å². The molecule has 1 atom stereocenters. The maximum atomic E-state index is 11.9. The standard InChI is InChI=1S/C12H13BrN2O2/c1-3-12(10(16)14-11(17)15-12)8-4-5-9(13)7(2)6-8/h4-6H,3H2,1-2H3,(H2,14,15,16,17). The smallest absolute Gasteiger partial charge is 0.319 e. The number of amides is 3. The summed E-state index contributed by atoms with van der Waals surface area (Å²) in [5, 5.41) is 5.01. The Morgan fingerprint density at radius 3 is 2.53 bits per heavy atom. The number of hydrogen-bond donors (Lipinski definition) is 2. The Morgan fingerprint density at radius 1 is 1.35 bits per heavy atom. The third-order valence-corrected chi connectivity index (χ3v) is 4.01. The van der Waals surface area contributed by atoms with E-state index in [1.165, 1.54) is 0 Å². The Kier molecular flexibility index (Phi) is 2.95. The van der Waals surface area contributed by atoms with E-state index in [0.717, 1.165) is 15.6 Å². The summed E-state index contributed by atoms with van der Waals surface area (Å²) in [5.74, 6) is -0.285. The lowest BCUT2D eigenvalue weighted by atomic mass is 9.86. The van der Waals surface area contributed by atoms with E-state index in [0.29, 0.717) is 6.42 Å². The predicted molar refractivity (Wildman–Crippen MR) is 67.5 cm³/mol. The lowest BCUT2D eigenvalue weighted by Gasteiger charge is -2.25. The van der Waals surface area contributed by atoms with Gasteiger partial charge < -0.3 is 5.32 Å². The molecular weight excluding hydrogens is 284 g/mol. The molecule has 1 aliphatic heterocycles. The van der Waals surface area contributed by atoms with Crippen LogP contribution >= 0.6 is 15.9 Å². The van der Waals surface area contributed by atoms with Gasteiger partial charge in [0.25, 0.3) is 5.91 Å². The van der Waals surface area contributed by atoms with Crippen LogP contribution < -0.4 is 10.6 Å². The normalized spacial score (nSPS) is 23.5. The van der Waals surface area contributed by atoms with E-state index in [4.69, 9.17) is 0 Å². The molecule has 0 saturated carbocycles. The Labute approximate surface area is 108 Å². The second-order valence-electron chi connectivity index (χ2n) is 4.13. The number of nitrogens with one attached hydrogen (secondary N) is 2. The van der Waals surface area contributed by atoms with Crippen molar-refractivity contribution in [3.8, 4) is 0 Å². The fourth-order valence-corrected chi connectivity index (χ4v) is 2.30. The molecule has 0 radical (unpaired) electrons. The zero-order valence-corrected chi connectivity index (χ0v) is 11.2. The average molecular weight is 297 g/mol. The van der Waals surface area contributed by atoms with Crippen molar-refractivity contribution < 1.29 is 9.59 Å². The van der Waals surface area contributed by atoms with Crippen LogP contribution in [-0.2, 0) is 10.3 Å². The molecule has 0 aliphatic carbocycles. The number of rotatable bonds is 2. The molecule has 5 heteroatoms. The topological polar surface area (TPSA) is 58.2 Å². The molecule has 0 bridgehead atoms. The third kappa shape index (κ3) is 1.84. The van der Waals surface area contributed by atoms with E-state index in [2.05, 4.69) is 26.6 Å². The molecule has 2 rings (SSSR count). The van der Waals surface area contributed by atoms with Crippen LogP contribution in [0.4, 0.5) is 4.79 Å². The molecule has 2 N–H and O–H groups in total. The molecule has 1 aromatic rings. The van der Waals surface area contributed by atoms with Crippen LogP contribution in [0.25, 0.3) is 0 Å². The minimum Gasteiger partial charge on any atom is -0.319 e. The van der Waals surface area contributed by atoms with Crippen molar-refractivity contribution in [2.45, 2.75) is 25.8 Å². The summed E-state index contributed by atoms with van der Waals surface area (Å²) < 4.78 is 0.984. The molecule has 4 nitrogen and oxygen atoms in total. The second-order valence-corrected chi connectivity index (χ2v) is 4.99. The first-order valence-corrected chi connectivity index (χ1v) is 6.19. The van der Waals surface area contributed by atoms with E-state index in [9.17, 15) is 9.59 Å². The Hall–Kier alpha value is -1.36. The molecular formula is C12H13BrN2O2. The summed E-state index contributed by atoms with van der Waals surface area (Å²) >= 11 is 3.42. The number of carbonyl (C=O) groups is 2. The van der Waals surface area contributed by atoms with Crippen molar-refractivity contribution in [1.29, 1.82) is 0 Å². The molecule has 1 unspecified atom stereocenters. The molecule has 1 aliphatic rings. The van der Waals surface area contributed by atoms with Crippen molar-refractivity contribution in [2.75, 3.05) is 0 Å². The number of urea groups is 1. The van der Waals surface area contributed by atoms with Crippen molar-refractivity contribution in [3.63, 3.8) is 0 Å². The van der Waals surface area contributed by atoms with E-state index in [1.54, 1.807) is 0 Å². The van der Waals surface area contributed by atoms with Crippen molar-refractivity contribution in [1.82, 2.24) is 10.6 Å². The fraction of sp³-hybridized carbons (Fsp3) is 0.333. The van der Waals surface area contributed by atoms with Crippen molar-refractivity contribution in [3.05, 3.63) is 33.8 Å². The van der Waals surface area contributed by atoms with Gasteiger partial charge in [0, 0.05) is 4.47 Å². The van der Waals surface area contributed by atoms with E-state index in [-0.39, 0.29) is 5.91 Å². The van der Waals surface area contributed by atoms with Crippen LogP contribution in [0, 0.1) is 6.92 Å². The molecule has 0 aromatic heterocycles. The van der Waals surface area contributed by atoms with E-state index >= 15 is 0 Å².